The van der Waals surface area contributed by atoms with Gasteiger partial charge in [0.05, 0.1) is 0 Å². The van der Waals surface area contributed by atoms with E-state index in [1.165, 1.54) is 28.7 Å². The molecule has 100 valence electrons. The van der Waals surface area contributed by atoms with Crippen LogP contribution in [0, 0.1) is 13.8 Å². The summed E-state index contributed by atoms with van der Waals surface area (Å²) < 4.78 is 2.27. The van der Waals surface area contributed by atoms with Crippen molar-refractivity contribution in [2.45, 2.75) is 46.6 Å². The topological polar surface area (TPSA) is 3.88 Å². The summed E-state index contributed by atoms with van der Waals surface area (Å²) in [5.41, 5.74) is 5.44. The predicted octanol–water partition coefficient (Wildman–Crippen LogP) is 4.15. The molecule has 0 spiro atoms. The number of aromatic nitrogens is 1. The Morgan fingerprint density at radius 2 is 1.58 bits per heavy atom. The zero-order chi connectivity index (χ0) is 13.8. The summed E-state index contributed by atoms with van der Waals surface area (Å²) in [4.78, 5) is 0. The average molecular weight is 254 g/mol. The van der Waals surface area contributed by atoms with Gasteiger partial charge in [-0.15, -0.1) is 0 Å². The van der Waals surface area contributed by atoms with Gasteiger partial charge in [0.25, 0.3) is 0 Å². The summed E-state index contributed by atoms with van der Waals surface area (Å²) in [5, 5.41) is 0. The Morgan fingerprint density at radius 1 is 1.00 bits per heavy atom. The monoisotopic (exact) mass is 254 g/mol. The lowest BCUT2D eigenvalue weighted by Crippen LogP contribution is -2.34. The number of benzene rings is 1. The van der Waals surface area contributed by atoms with E-state index < -0.39 is 0 Å². The van der Waals surface area contributed by atoms with E-state index >= 15 is 0 Å². The fourth-order valence-electron chi connectivity index (χ4n) is 2.48. The van der Waals surface area contributed by atoms with Gasteiger partial charge in [-0.25, -0.2) is 4.57 Å². The van der Waals surface area contributed by atoms with Crippen LogP contribution in [0.15, 0.2) is 42.7 Å². The van der Waals surface area contributed by atoms with E-state index in [-0.39, 0.29) is 0 Å². The second-order valence-electron chi connectivity index (χ2n) is 5.61. The number of aryl methyl sites for hydroxylation is 2. The van der Waals surface area contributed by atoms with Crippen molar-refractivity contribution in [1.82, 2.24) is 0 Å². The van der Waals surface area contributed by atoms with Crippen LogP contribution in [0.3, 0.4) is 0 Å². The van der Waals surface area contributed by atoms with Crippen molar-refractivity contribution in [2.24, 2.45) is 0 Å². The molecule has 0 bridgehead atoms. The number of nitrogens with zero attached hydrogens (tertiary/aromatic N) is 1. The molecule has 0 aliphatic heterocycles. The maximum absolute atomic E-state index is 2.29. The molecule has 0 radical (unpaired) electrons. The molecule has 0 aliphatic rings. The lowest BCUT2D eigenvalue weighted by Gasteiger charge is -2.09. The van der Waals surface area contributed by atoms with Crippen LogP contribution in [0.4, 0.5) is 0 Å². The summed E-state index contributed by atoms with van der Waals surface area (Å²) in [7, 11) is 0. The van der Waals surface area contributed by atoms with Crippen LogP contribution < -0.4 is 4.57 Å². The van der Waals surface area contributed by atoms with E-state index in [2.05, 4.69) is 75.0 Å². The first-order valence-electron chi connectivity index (χ1n) is 7.14. The Bertz CT molecular complexity index is 520. The Balaban J connectivity index is 2.15. The fraction of sp³-hybridized carbons (Fsp3) is 0.389. The van der Waals surface area contributed by atoms with Gasteiger partial charge in [0.2, 0.25) is 0 Å². The van der Waals surface area contributed by atoms with Gasteiger partial charge in [0.1, 0.15) is 0 Å². The number of pyridine rings is 1. The first-order valence-corrected chi connectivity index (χ1v) is 7.14. The first kappa shape index (κ1) is 13.8. The van der Waals surface area contributed by atoms with Crippen LogP contribution in [0.1, 0.15) is 48.4 Å². The summed E-state index contributed by atoms with van der Waals surface area (Å²) in [6, 6.07) is 11.3. The van der Waals surface area contributed by atoms with Crippen molar-refractivity contribution in [3.05, 3.63) is 65.0 Å². The lowest BCUT2D eigenvalue weighted by atomic mass is 9.98. The molecule has 2 aromatic rings. The van der Waals surface area contributed by atoms with Gasteiger partial charge in [-0.05, 0) is 37.8 Å². The molecule has 0 aliphatic carbocycles. The largest absolute Gasteiger partial charge is 0.200 e. The SMILES string of the molecule is CCC(C)c1ccc(C[n+]2cc(C)cc(C)c2)cc1. The molecular formula is C18H24N+. The highest BCUT2D eigenvalue weighted by molar-refractivity contribution is 5.24. The van der Waals surface area contributed by atoms with Crippen LogP contribution in [-0.4, -0.2) is 0 Å². The first-order chi connectivity index (χ1) is 9.08. The molecule has 1 aromatic carbocycles. The quantitative estimate of drug-likeness (QED) is 0.722. The maximum atomic E-state index is 2.29. The molecule has 19 heavy (non-hydrogen) atoms. The fourth-order valence-corrected chi connectivity index (χ4v) is 2.48. The Morgan fingerprint density at radius 3 is 2.11 bits per heavy atom. The molecule has 0 fully saturated rings. The smallest absolute Gasteiger partial charge is 0.173 e. The van der Waals surface area contributed by atoms with Crippen molar-refractivity contribution in [1.29, 1.82) is 0 Å². The molecule has 1 unspecified atom stereocenters. The van der Waals surface area contributed by atoms with E-state index in [0.29, 0.717) is 5.92 Å². The molecule has 1 heteroatoms. The molecule has 2 rings (SSSR count). The summed E-state index contributed by atoms with van der Waals surface area (Å²) in [6.45, 7) is 9.77. The van der Waals surface area contributed by atoms with Crippen LogP contribution in [-0.2, 0) is 6.54 Å². The van der Waals surface area contributed by atoms with Gasteiger partial charge < -0.3 is 0 Å². The standard InChI is InChI=1S/C18H24N/c1-5-16(4)18-8-6-17(7-9-18)13-19-11-14(2)10-15(3)12-19/h6-12,16H,5,13H2,1-4H3/q+1. The van der Waals surface area contributed by atoms with Crippen molar-refractivity contribution < 1.29 is 4.57 Å². The molecule has 0 N–H and O–H groups in total. The van der Waals surface area contributed by atoms with Gasteiger partial charge in [-0.3, -0.25) is 0 Å². The predicted molar refractivity (Wildman–Crippen MR) is 80.4 cm³/mol. The highest BCUT2D eigenvalue weighted by Crippen LogP contribution is 2.18. The van der Waals surface area contributed by atoms with Gasteiger partial charge in [0.15, 0.2) is 18.9 Å². The molecule has 0 saturated carbocycles. The van der Waals surface area contributed by atoms with Crippen molar-refractivity contribution in [2.75, 3.05) is 0 Å². The minimum absolute atomic E-state index is 0.655. The maximum Gasteiger partial charge on any atom is 0.173 e. The molecule has 0 saturated heterocycles. The minimum Gasteiger partial charge on any atom is -0.200 e. The van der Waals surface area contributed by atoms with Gasteiger partial charge in [0, 0.05) is 16.7 Å². The lowest BCUT2D eigenvalue weighted by molar-refractivity contribution is -0.689. The Kier molecular flexibility index (Phi) is 4.36. The number of hydrogen-bond acceptors (Lipinski definition) is 0. The summed E-state index contributed by atoms with van der Waals surface area (Å²) in [5.74, 6) is 0.655. The third kappa shape index (κ3) is 3.66. The van der Waals surface area contributed by atoms with Crippen LogP contribution in [0.5, 0.6) is 0 Å². The molecular weight excluding hydrogens is 230 g/mol. The molecule has 1 nitrogen and oxygen atoms in total. The van der Waals surface area contributed by atoms with Crippen LogP contribution in [0.2, 0.25) is 0 Å². The minimum atomic E-state index is 0.655. The summed E-state index contributed by atoms with van der Waals surface area (Å²) >= 11 is 0. The van der Waals surface area contributed by atoms with Gasteiger partial charge in [-0.1, -0.05) is 38.1 Å². The molecule has 1 heterocycles. The highest BCUT2D eigenvalue weighted by Gasteiger charge is 2.06. The molecule has 1 aromatic heterocycles. The van der Waals surface area contributed by atoms with Crippen molar-refractivity contribution >= 4 is 0 Å². The molecule has 1 atom stereocenters. The van der Waals surface area contributed by atoms with Crippen molar-refractivity contribution in [3.8, 4) is 0 Å². The van der Waals surface area contributed by atoms with Crippen molar-refractivity contribution in [3.63, 3.8) is 0 Å². The second-order valence-corrected chi connectivity index (χ2v) is 5.61. The highest BCUT2D eigenvalue weighted by atomic mass is 14.9. The van der Waals surface area contributed by atoms with Crippen LogP contribution in [0.25, 0.3) is 0 Å². The van der Waals surface area contributed by atoms with E-state index in [4.69, 9.17) is 0 Å². The van der Waals surface area contributed by atoms with Crippen LogP contribution >= 0.6 is 0 Å². The van der Waals surface area contributed by atoms with Gasteiger partial charge >= 0.3 is 0 Å². The van der Waals surface area contributed by atoms with E-state index in [1.807, 2.05) is 0 Å². The zero-order valence-electron chi connectivity index (χ0n) is 12.5. The second kappa shape index (κ2) is 6.01. The third-order valence-corrected chi connectivity index (χ3v) is 3.72. The summed E-state index contributed by atoms with van der Waals surface area (Å²) in [6.07, 6.45) is 5.61. The Hall–Kier alpha value is -1.63. The third-order valence-electron chi connectivity index (χ3n) is 3.72. The normalized spacial score (nSPS) is 12.4. The van der Waals surface area contributed by atoms with E-state index in [9.17, 15) is 0 Å². The number of rotatable bonds is 4. The Labute approximate surface area is 116 Å². The van der Waals surface area contributed by atoms with Gasteiger partial charge in [-0.2, -0.15) is 0 Å². The zero-order valence-corrected chi connectivity index (χ0v) is 12.5. The number of hydrogen-bond donors (Lipinski definition) is 0. The molecule has 0 amide bonds. The van der Waals surface area contributed by atoms with E-state index in [1.54, 1.807) is 0 Å². The van der Waals surface area contributed by atoms with E-state index in [0.717, 1.165) is 6.54 Å². The average Bonchev–Trinajstić information content (AvgIpc) is 2.37.